The van der Waals surface area contributed by atoms with Crippen LogP contribution in [-0.2, 0) is 0 Å². The molecule has 0 saturated carbocycles. The van der Waals surface area contributed by atoms with Crippen LogP contribution < -0.4 is 4.74 Å². The molecule has 86 valence electrons. The first-order chi connectivity index (χ1) is 8.29. The van der Waals surface area contributed by atoms with Gasteiger partial charge in [0.25, 0.3) is 0 Å². The lowest BCUT2D eigenvalue weighted by Gasteiger charge is -1.98. The Morgan fingerprint density at radius 2 is 2.00 bits per heavy atom. The molecule has 1 aromatic carbocycles. The standard InChI is InChI=1S/C14H13NO2/c1-17-12-7-4-11(5-8-12)6-9-14(16)13-3-2-10-15-13/h2-10,15H,1H3. The molecule has 0 amide bonds. The van der Waals surface area contributed by atoms with Gasteiger partial charge in [-0.25, -0.2) is 0 Å². The number of allylic oxidation sites excluding steroid dienone is 1. The van der Waals surface area contributed by atoms with E-state index in [9.17, 15) is 4.79 Å². The maximum absolute atomic E-state index is 11.7. The van der Waals surface area contributed by atoms with Crippen molar-refractivity contribution in [3.63, 3.8) is 0 Å². The van der Waals surface area contributed by atoms with Crippen LogP contribution in [0.4, 0.5) is 0 Å². The summed E-state index contributed by atoms with van der Waals surface area (Å²) in [5.74, 6) is 0.767. The van der Waals surface area contributed by atoms with E-state index >= 15 is 0 Å². The number of rotatable bonds is 4. The summed E-state index contributed by atoms with van der Waals surface area (Å²) in [6, 6.07) is 11.1. The van der Waals surface area contributed by atoms with E-state index in [1.165, 1.54) is 0 Å². The van der Waals surface area contributed by atoms with E-state index in [2.05, 4.69) is 4.98 Å². The molecular formula is C14H13NO2. The average Bonchev–Trinajstić information content (AvgIpc) is 2.90. The van der Waals surface area contributed by atoms with Crippen LogP contribution in [-0.4, -0.2) is 17.9 Å². The second-order valence-corrected chi connectivity index (χ2v) is 3.55. The zero-order valence-electron chi connectivity index (χ0n) is 9.51. The maximum atomic E-state index is 11.7. The van der Waals surface area contributed by atoms with Crippen molar-refractivity contribution in [1.29, 1.82) is 0 Å². The number of nitrogens with one attached hydrogen (secondary N) is 1. The lowest BCUT2D eigenvalue weighted by molar-refractivity contribution is 0.104. The Bertz CT molecular complexity index is 510. The zero-order valence-corrected chi connectivity index (χ0v) is 9.51. The van der Waals surface area contributed by atoms with Gasteiger partial charge < -0.3 is 9.72 Å². The first-order valence-corrected chi connectivity index (χ1v) is 5.29. The van der Waals surface area contributed by atoms with E-state index in [0.29, 0.717) is 5.69 Å². The number of ether oxygens (including phenoxy) is 1. The van der Waals surface area contributed by atoms with E-state index in [4.69, 9.17) is 4.74 Å². The quantitative estimate of drug-likeness (QED) is 0.644. The Hall–Kier alpha value is -2.29. The minimum Gasteiger partial charge on any atom is -0.497 e. The van der Waals surface area contributed by atoms with Gasteiger partial charge in [0.05, 0.1) is 12.8 Å². The zero-order chi connectivity index (χ0) is 12.1. The highest BCUT2D eigenvalue weighted by molar-refractivity contribution is 6.05. The molecule has 2 aromatic rings. The number of aromatic nitrogens is 1. The van der Waals surface area contributed by atoms with E-state index in [1.807, 2.05) is 24.3 Å². The van der Waals surface area contributed by atoms with Crippen LogP contribution in [0.25, 0.3) is 6.08 Å². The predicted molar refractivity (Wildman–Crippen MR) is 67.2 cm³/mol. The Balaban J connectivity index is 2.07. The molecule has 17 heavy (non-hydrogen) atoms. The topological polar surface area (TPSA) is 42.1 Å². The Morgan fingerprint density at radius 3 is 2.59 bits per heavy atom. The van der Waals surface area contributed by atoms with Crippen molar-refractivity contribution < 1.29 is 9.53 Å². The molecule has 2 rings (SSSR count). The van der Waals surface area contributed by atoms with Gasteiger partial charge in [0, 0.05) is 6.20 Å². The minimum atomic E-state index is -0.0363. The summed E-state index contributed by atoms with van der Waals surface area (Å²) in [7, 11) is 1.62. The SMILES string of the molecule is COc1ccc(C=CC(=O)c2ccc[nH]2)cc1. The summed E-state index contributed by atoms with van der Waals surface area (Å²) in [4.78, 5) is 14.5. The number of hydrogen-bond acceptors (Lipinski definition) is 2. The predicted octanol–water partition coefficient (Wildman–Crippen LogP) is 2.92. The summed E-state index contributed by atoms with van der Waals surface area (Å²) in [5, 5.41) is 0. The highest BCUT2D eigenvalue weighted by Crippen LogP contribution is 2.12. The van der Waals surface area contributed by atoms with Gasteiger partial charge in [0.15, 0.2) is 0 Å². The third-order valence-corrected chi connectivity index (χ3v) is 2.41. The largest absolute Gasteiger partial charge is 0.497 e. The summed E-state index contributed by atoms with van der Waals surface area (Å²) in [6.07, 6.45) is 5.06. The van der Waals surface area contributed by atoms with Gasteiger partial charge in [0.1, 0.15) is 5.75 Å². The van der Waals surface area contributed by atoms with Crippen molar-refractivity contribution in [2.75, 3.05) is 7.11 Å². The van der Waals surface area contributed by atoms with Gasteiger partial charge in [0.2, 0.25) is 5.78 Å². The van der Waals surface area contributed by atoms with Crippen molar-refractivity contribution in [1.82, 2.24) is 4.98 Å². The van der Waals surface area contributed by atoms with Crippen molar-refractivity contribution >= 4 is 11.9 Å². The fourth-order valence-electron chi connectivity index (χ4n) is 1.46. The van der Waals surface area contributed by atoms with E-state index in [0.717, 1.165) is 11.3 Å². The van der Waals surface area contributed by atoms with Gasteiger partial charge in [-0.3, -0.25) is 4.79 Å². The van der Waals surface area contributed by atoms with Crippen molar-refractivity contribution in [2.45, 2.75) is 0 Å². The van der Waals surface area contributed by atoms with Crippen LogP contribution in [0.5, 0.6) is 5.75 Å². The first kappa shape index (κ1) is 11.2. The van der Waals surface area contributed by atoms with Crippen molar-refractivity contribution in [3.05, 3.63) is 59.9 Å². The first-order valence-electron chi connectivity index (χ1n) is 5.29. The molecule has 0 aliphatic rings. The van der Waals surface area contributed by atoms with Crippen LogP contribution in [0, 0.1) is 0 Å². The highest BCUT2D eigenvalue weighted by atomic mass is 16.5. The third-order valence-electron chi connectivity index (χ3n) is 2.41. The number of H-pyrrole nitrogens is 1. The molecule has 3 heteroatoms. The second kappa shape index (κ2) is 5.16. The Labute approximate surface area is 99.7 Å². The summed E-state index contributed by atoms with van der Waals surface area (Å²) >= 11 is 0. The molecule has 0 spiro atoms. The molecule has 1 aromatic heterocycles. The van der Waals surface area contributed by atoms with Crippen LogP contribution in [0.15, 0.2) is 48.7 Å². The fourth-order valence-corrected chi connectivity index (χ4v) is 1.46. The van der Waals surface area contributed by atoms with Gasteiger partial charge in [-0.05, 0) is 35.9 Å². The molecule has 1 heterocycles. The molecule has 0 saturated heterocycles. The average molecular weight is 227 g/mol. The van der Waals surface area contributed by atoms with Crippen molar-refractivity contribution in [2.24, 2.45) is 0 Å². The van der Waals surface area contributed by atoms with Crippen LogP contribution >= 0.6 is 0 Å². The van der Waals surface area contributed by atoms with Crippen molar-refractivity contribution in [3.8, 4) is 5.75 Å². The number of methoxy groups -OCH3 is 1. The number of benzene rings is 1. The monoisotopic (exact) mass is 227 g/mol. The molecule has 0 unspecified atom stereocenters. The summed E-state index contributed by atoms with van der Waals surface area (Å²) in [5.41, 5.74) is 1.56. The van der Waals surface area contributed by atoms with Crippen LogP contribution in [0.3, 0.4) is 0 Å². The number of carbonyl (C=O) groups is 1. The lowest BCUT2D eigenvalue weighted by atomic mass is 10.1. The summed E-state index contributed by atoms with van der Waals surface area (Å²) in [6.45, 7) is 0. The van der Waals surface area contributed by atoms with E-state index < -0.39 is 0 Å². The maximum Gasteiger partial charge on any atom is 0.201 e. The highest BCUT2D eigenvalue weighted by Gasteiger charge is 2.00. The van der Waals surface area contributed by atoms with Gasteiger partial charge in [-0.2, -0.15) is 0 Å². The smallest absolute Gasteiger partial charge is 0.201 e. The van der Waals surface area contributed by atoms with Gasteiger partial charge >= 0.3 is 0 Å². The molecular weight excluding hydrogens is 214 g/mol. The molecule has 0 aliphatic carbocycles. The minimum absolute atomic E-state index is 0.0363. The molecule has 0 bridgehead atoms. The molecule has 1 N–H and O–H groups in total. The Morgan fingerprint density at radius 1 is 1.24 bits per heavy atom. The summed E-state index contributed by atoms with van der Waals surface area (Å²) < 4.78 is 5.06. The Kier molecular flexibility index (Phi) is 3.40. The molecule has 0 fully saturated rings. The number of carbonyl (C=O) groups excluding carboxylic acids is 1. The van der Waals surface area contributed by atoms with Gasteiger partial charge in [-0.1, -0.05) is 18.2 Å². The fraction of sp³-hybridized carbons (Fsp3) is 0.0714. The number of aromatic amines is 1. The molecule has 0 aliphatic heterocycles. The molecule has 3 nitrogen and oxygen atoms in total. The number of ketones is 1. The van der Waals surface area contributed by atoms with Crippen LogP contribution in [0.1, 0.15) is 16.1 Å². The van der Waals surface area contributed by atoms with E-state index in [1.54, 1.807) is 37.6 Å². The van der Waals surface area contributed by atoms with Crippen LogP contribution in [0.2, 0.25) is 0 Å². The second-order valence-electron chi connectivity index (χ2n) is 3.55. The number of hydrogen-bond donors (Lipinski definition) is 1. The molecule has 0 radical (unpaired) electrons. The lowest BCUT2D eigenvalue weighted by Crippen LogP contribution is -1.93. The van der Waals surface area contributed by atoms with E-state index in [-0.39, 0.29) is 5.78 Å². The normalized spacial score (nSPS) is 10.6. The molecule has 0 atom stereocenters. The third kappa shape index (κ3) is 2.84. The van der Waals surface area contributed by atoms with Gasteiger partial charge in [-0.15, -0.1) is 0 Å².